The number of phenols is 2. The molecule has 0 bridgehead atoms. The highest BCUT2D eigenvalue weighted by atomic mass is 16.5. The van der Waals surface area contributed by atoms with E-state index in [4.69, 9.17) is 9.47 Å². The molecule has 0 fully saturated rings. The lowest BCUT2D eigenvalue weighted by molar-refractivity contribution is -0.121. The number of aromatic hydroxyl groups is 2. The van der Waals surface area contributed by atoms with Crippen LogP contribution < -0.4 is 9.47 Å². The molecule has 3 rings (SSSR count). The van der Waals surface area contributed by atoms with Gasteiger partial charge in [0.15, 0.2) is 34.6 Å². The van der Waals surface area contributed by atoms with Gasteiger partial charge in [-0.25, -0.2) is 0 Å². The number of carbonyl (C=O) groups excluding carboxylic acids is 2. The second-order valence-corrected chi connectivity index (χ2v) is 6.93. The Labute approximate surface area is 193 Å². The van der Waals surface area contributed by atoms with E-state index in [0.29, 0.717) is 22.6 Å². The van der Waals surface area contributed by atoms with Gasteiger partial charge in [0.1, 0.15) is 0 Å². The van der Waals surface area contributed by atoms with Gasteiger partial charge in [-0.3, -0.25) is 9.59 Å². The molecule has 0 saturated carbocycles. The van der Waals surface area contributed by atoms with Gasteiger partial charge in [-0.2, -0.15) is 0 Å². The average molecular weight is 446 g/mol. The summed E-state index contributed by atoms with van der Waals surface area (Å²) in [6.45, 7) is 3.68. The number of hydrogen-bond donors (Lipinski definition) is 2. The predicted molar refractivity (Wildman–Crippen MR) is 129 cm³/mol. The minimum absolute atomic E-state index is 0.00662. The third-order valence-corrected chi connectivity index (χ3v) is 4.41. The standard InChI is InChI=1S/C21H20O6.C6H6/c1-26-20-11-14(5-9-18(20)24)3-7-16(22)13-17(23)8-4-15-6-10-19(25)21(12-15)27-2;1-6-4-2-3-5-6/h3-12,24-25H,13H2,1-2H3;2-5H,1H2. The average Bonchev–Trinajstić information content (AvgIpc) is 3.29. The number of hydrogen-bond acceptors (Lipinski definition) is 6. The summed E-state index contributed by atoms with van der Waals surface area (Å²) in [4.78, 5) is 23.9. The zero-order valence-corrected chi connectivity index (χ0v) is 18.5. The first-order valence-corrected chi connectivity index (χ1v) is 10.0. The van der Waals surface area contributed by atoms with Gasteiger partial charge < -0.3 is 19.7 Å². The Balaban J connectivity index is 0.000000554. The van der Waals surface area contributed by atoms with Crippen molar-refractivity contribution in [3.63, 3.8) is 0 Å². The van der Waals surface area contributed by atoms with Crippen LogP contribution in [0.25, 0.3) is 12.2 Å². The van der Waals surface area contributed by atoms with Gasteiger partial charge in [-0.15, -0.1) is 0 Å². The van der Waals surface area contributed by atoms with Crippen LogP contribution in [0.3, 0.4) is 0 Å². The molecule has 0 spiro atoms. The van der Waals surface area contributed by atoms with E-state index in [1.807, 2.05) is 24.3 Å². The third kappa shape index (κ3) is 8.38. The van der Waals surface area contributed by atoms with E-state index in [-0.39, 0.29) is 29.5 Å². The van der Waals surface area contributed by atoms with Crippen molar-refractivity contribution in [2.75, 3.05) is 14.2 Å². The van der Waals surface area contributed by atoms with Crippen LogP contribution in [0, 0.1) is 0 Å². The van der Waals surface area contributed by atoms with Gasteiger partial charge in [0.25, 0.3) is 0 Å². The van der Waals surface area contributed by atoms with E-state index in [1.165, 1.54) is 38.5 Å². The number of ether oxygens (including phenoxy) is 2. The maximum Gasteiger partial charge on any atom is 0.163 e. The summed E-state index contributed by atoms with van der Waals surface area (Å²) in [6, 6.07) is 9.34. The quantitative estimate of drug-likeness (QED) is 0.436. The Morgan fingerprint density at radius 2 is 1.24 bits per heavy atom. The highest BCUT2D eigenvalue weighted by molar-refractivity contribution is 6.10. The summed E-state index contributed by atoms with van der Waals surface area (Å²) in [5.74, 6) is -0.0832. The SMILES string of the molecule is C=C1C=CC=C1.COc1cc(C=CC(=O)CC(=O)C=Cc2ccc(O)c(OC)c2)ccc1O. The number of rotatable bonds is 8. The zero-order chi connectivity index (χ0) is 24.2. The van der Waals surface area contributed by atoms with Crippen LogP contribution >= 0.6 is 0 Å². The molecular weight excluding hydrogens is 420 g/mol. The largest absolute Gasteiger partial charge is 0.504 e. The highest BCUT2D eigenvalue weighted by Gasteiger charge is 2.06. The van der Waals surface area contributed by atoms with Crippen molar-refractivity contribution in [3.8, 4) is 23.0 Å². The first-order chi connectivity index (χ1) is 15.8. The Kier molecular flexibility index (Phi) is 9.46. The van der Waals surface area contributed by atoms with Crippen molar-refractivity contribution in [2.24, 2.45) is 0 Å². The summed E-state index contributed by atoms with van der Waals surface area (Å²) in [7, 11) is 2.87. The molecule has 0 aromatic heterocycles. The van der Waals surface area contributed by atoms with Crippen LogP contribution in [0.2, 0.25) is 0 Å². The number of allylic oxidation sites excluding steroid dienone is 7. The molecule has 2 aromatic carbocycles. The molecule has 170 valence electrons. The molecule has 2 N–H and O–H groups in total. The van der Waals surface area contributed by atoms with Gasteiger partial charge in [0, 0.05) is 0 Å². The Hall–Kier alpha value is -4.32. The van der Waals surface area contributed by atoms with E-state index < -0.39 is 0 Å². The minimum atomic E-state index is -0.347. The molecule has 1 aliphatic carbocycles. The second-order valence-electron chi connectivity index (χ2n) is 6.93. The van der Waals surface area contributed by atoms with Crippen molar-refractivity contribution >= 4 is 23.7 Å². The van der Waals surface area contributed by atoms with Gasteiger partial charge in [-0.05, 0) is 53.1 Å². The molecule has 0 atom stereocenters. The lowest BCUT2D eigenvalue weighted by atomic mass is 10.1. The number of ketones is 2. The smallest absolute Gasteiger partial charge is 0.163 e. The van der Waals surface area contributed by atoms with Gasteiger partial charge in [0.05, 0.1) is 20.6 Å². The lowest BCUT2D eigenvalue weighted by Crippen LogP contribution is -2.01. The number of methoxy groups -OCH3 is 2. The van der Waals surface area contributed by atoms with E-state index in [2.05, 4.69) is 6.58 Å². The van der Waals surface area contributed by atoms with E-state index in [0.717, 1.165) is 5.57 Å². The third-order valence-electron chi connectivity index (χ3n) is 4.41. The monoisotopic (exact) mass is 446 g/mol. The highest BCUT2D eigenvalue weighted by Crippen LogP contribution is 2.27. The number of carbonyl (C=O) groups is 2. The molecule has 33 heavy (non-hydrogen) atoms. The predicted octanol–water partition coefficient (Wildman–Crippen LogP) is 5.04. The molecule has 2 aromatic rings. The molecule has 1 aliphatic rings. The summed E-state index contributed by atoms with van der Waals surface area (Å²) < 4.78 is 10.00. The van der Waals surface area contributed by atoms with E-state index in [1.54, 1.807) is 36.4 Å². The van der Waals surface area contributed by atoms with Crippen molar-refractivity contribution in [1.29, 1.82) is 0 Å². The molecule has 0 radical (unpaired) electrons. The van der Waals surface area contributed by atoms with Crippen molar-refractivity contribution in [2.45, 2.75) is 6.42 Å². The molecule has 0 aliphatic heterocycles. The zero-order valence-electron chi connectivity index (χ0n) is 18.5. The molecular formula is C27H26O6. The Morgan fingerprint density at radius 1 is 0.818 bits per heavy atom. The second kappa shape index (κ2) is 12.5. The topological polar surface area (TPSA) is 93.1 Å². The molecule has 0 unspecified atom stereocenters. The first-order valence-electron chi connectivity index (χ1n) is 10.0. The summed E-state index contributed by atoms with van der Waals surface area (Å²) >= 11 is 0. The number of benzene rings is 2. The fourth-order valence-corrected chi connectivity index (χ4v) is 2.68. The van der Waals surface area contributed by atoms with Crippen LogP contribution in [-0.4, -0.2) is 36.0 Å². The van der Waals surface area contributed by atoms with Crippen LogP contribution in [0.1, 0.15) is 17.5 Å². The summed E-state index contributed by atoms with van der Waals surface area (Å²) in [5.41, 5.74) is 2.42. The summed E-state index contributed by atoms with van der Waals surface area (Å²) in [6.07, 6.45) is 13.3. The maximum absolute atomic E-state index is 11.9. The molecule has 0 amide bonds. The van der Waals surface area contributed by atoms with Crippen LogP contribution in [0.5, 0.6) is 23.0 Å². The van der Waals surface area contributed by atoms with Crippen molar-refractivity contribution in [1.82, 2.24) is 0 Å². The maximum atomic E-state index is 11.9. The normalized spacial score (nSPS) is 12.1. The summed E-state index contributed by atoms with van der Waals surface area (Å²) in [5, 5.41) is 19.1. The Bertz CT molecular complexity index is 1050. The van der Waals surface area contributed by atoms with E-state index in [9.17, 15) is 19.8 Å². The molecule has 0 saturated heterocycles. The minimum Gasteiger partial charge on any atom is -0.504 e. The van der Waals surface area contributed by atoms with Crippen LogP contribution in [-0.2, 0) is 9.59 Å². The molecule has 0 heterocycles. The fourth-order valence-electron chi connectivity index (χ4n) is 2.68. The van der Waals surface area contributed by atoms with E-state index >= 15 is 0 Å². The molecule has 6 heteroatoms. The first kappa shape index (κ1) is 24.9. The van der Waals surface area contributed by atoms with Gasteiger partial charge >= 0.3 is 0 Å². The Morgan fingerprint density at radius 3 is 1.58 bits per heavy atom. The van der Waals surface area contributed by atoms with Crippen molar-refractivity contribution < 1.29 is 29.3 Å². The van der Waals surface area contributed by atoms with Crippen molar-refractivity contribution in [3.05, 3.63) is 96.1 Å². The molecule has 6 nitrogen and oxygen atoms in total. The lowest BCUT2D eigenvalue weighted by Gasteiger charge is -2.03. The number of phenolic OH excluding ortho intramolecular Hbond substituents is 2. The van der Waals surface area contributed by atoms with Crippen LogP contribution in [0.15, 0.2) is 85.0 Å². The van der Waals surface area contributed by atoms with Crippen LogP contribution in [0.4, 0.5) is 0 Å². The fraction of sp³-hybridized carbons (Fsp3) is 0.111. The van der Waals surface area contributed by atoms with Gasteiger partial charge in [0.2, 0.25) is 0 Å². The van der Waals surface area contributed by atoms with Gasteiger partial charge in [-0.1, -0.05) is 55.2 Å².